The molecule has 0 radical (unpaired) electrons. The molecule has 0 saturated heterocycles. The van der Waals surface area contributed by atoms with Crippen LogP contribution in [-0.2, 0) is 0 Å². The van der Waals surface area contributed by atoms with Crippen molar-refractivity contribution in [2.24, 2.45) is 0 Å². The van der Waals surface area contributed by atoms with Crippen molar-refractivity contribution in [3.8, 4) is 0 Å². The fourth-order valence-electron chi connectivity index (χ4n) is 1.52. The van der Waals surface area contributed by atoms with E-state index in [0.29, 0.717) is 11.3 Å². The lowest BCUT2D eigenvalue weighted by molar-refractivity contribution is 0.261. The van der Waals surface area contributed by atoms with E-state index in [9.17, 15) is 0 Å². The number of aromatic nitrogens is 2. The van der Waals surface area contributed by atoms with Crippen molar-refractivity contribution in [1.29, 1.82) is 0 Å². The van der Waals surface area contributed by atoms with Crippen LogP contribution in [0.3, 0.4) is 0 Å². The molecule has 0 saturated carbocycles. The molecular formula is C12H21ClN4. The average molecular weight is 257 g/mol. The number of rotatable bonds is 6. The molecule has 1 N–H and O–H groups in total. The third-order valence-electron chi connectivity index (χ3n) is 2.94. The van der Waals surface area contributed by atoms with Crippen LogP contribution in [0.25, 0.3) is 0 Å². The van der Waals surface area contributed by atoms with Gasteiger partial charge in [0.05, 0.1) is 0 Å². The predicted molar refractivity (Wildman–Crippen MR) is 72.7 cm³/mol. The Labute approximate surface area is 108 Å². The maximum Gasteiger partial charge on any atom is 0.224 e. The molecule has 0 bridgehead atoms. The Morgan fingerprint density at radius 1 is 1.47 bits per heavy atom. The molecule has 5 heteroatoms. The number of aryl methyl sites for hydroxylation is 1. The highest BCUT2D eigenvalue weighted by Crippen LogP contribution is 2.09. The summed E-state index contributed by atoms with van der Waals surface area (Å²) in [7, 11) is 2.13. The van der Waals surface area contributed by atoms with Gasteiger partial charge in [0.2, 0.25) is 5.28 Å². The highest BCUT2D eigenvalue weighted by molar-refractivity contribution is 6.28. The zero-order chi connectivity index (χ0) is 12.8. The Bertz CT molecular complexity index is 336. The number of likely N-dealkylation sites (N-methyl/N-ethyl adjacent to an activating group) is 1. The van der Waals surface area contributed by atoms with E-state index in [1.165, 1.54) is 0 Å². The number of anilines is 1. The number of nitrogens with zero attached hydrogens (tertiary/aromatic N) is 3. The van der Waals surface area contributed by atoms with Crippen LogP contribution in [0.5, 0.6) is 0 Å². The summed E-state index contributed by atoms with van der Waals surface area (Å²) in [4.78, 5) is 10.5. The van der Waals surface area contributed by atoms with Gasteiger partial charge < -0.3 is 10.2 Å². The fraction of sp³-hybridized carbons (Fsp3) is 0.667. The van der Waals surface area contributed by atoms with Gasteiger partial charge in [-0.05, 0) is 38.9 Å². The summed E-state index contributed by atoms with van der Waals surface area (Å²) in [6.07, 6.45) is 1.16. The van der Waals surface area contributed by atoms with Crippen LogP contribution >= 0.6 is 11.6 Å². The minimum absolute atomic E-state index is 0.294. The van der Waals surface area contributed by atoms with Crippen molar-refractivity contribution in [2.75, 3.05) is 25.5 Å². The molecular weight excluding hydrogens is 236 g/mol. The summed E-state index contributed by atoms with van der Waals surface area (Å²) in [5.41, 5.74) is 0.878. The zero-order valence-corrected chi connectivity index (χ0v) is 11.8. The largest absolute Gasteiger partial charge is 0.369 e. The summed E-state index contributed by atoms with van der Waals surface area (Å²) in [6.45, 7) is 8.17. The molecule has 0 fully saturated rings. The quantitative estimate of drug-likeness (QED) is 0.795. The zero-order valence-electron chi connectivity index (χ0n) is 11.0. The maximum atomic E-state index is 5.79. The first-order chi connectivity index (χ1) is 8.02. The monoisotopic (exact) mass is 256 g/mol. The molecule has 4 nitrogen and oxygen atoms in total. The van der Waals surface area contributed by atoms with E-state index in [2.05, 4.69) is 41.1 Å². The van der Waals surface area contributed by atoms with Crippen LogP contribution in [0.2, 0.25) is 5.28 Å². The maximum absolute atomic E-state index is 5.79. The van der Waals surface area contributed by atoms with Gasteiger partial charge in [-0.25, -0.2) is 9.97 Å². The van der Waals surface area contributed by atoms with Gasteiger partial charge in [0.15, 0.2) is 0 Å². The molecule has 0 aromatic carbocycles. The molecule has 1 rings (SSSR count). The van der Waals surface area contributed by atoms with Crippen molar-refractivity contribution < 1.29 is 0 Å². The van der Waals surface area contributed by atoms with Gasteiger partial charge in [0, 0.05) is 30.9 Å². The molecule has 0 aliphatic heterocycles. The topological polar surface area (TPSA) is 41.0 Å². The summed E-state index contributed by atoms with van der Waals surface area (Å²) in [6, 6.07) is 2.50. The number of hydrogen-bond acceptors (Lipinski definition) is 4. The normalized spacial score (nSPS) is 12.8. The van der Waals surface area contributed by atoms with Gasteiger partial charge in [-0.1, -0.05) is 6.92 Å². The van der Waals surface area contributed by atoms with E-state index in [-0.39, 0.29) is 0 Å². The van der Waals surface area contributed by atoms with E-state index < -0.39 is 0 Å². The second-order valence-electron chi connectivity index (χ2n) is 4.33. The Kier molecular flexibility index (Phi) is 5.65. The highest BCUT2D eigenvalue weighted by atomic mass is 35.5. The average Bonchev–Trinajstić information content (AvgIpc) is 2.26. The molecule has 1 heterocycles. The number of halogens is 1. The summed E-state index contributed by atoms with van der Waals surface area (Å²) >= 11 is 5.79. The highest BCUT2D eigenvalue weighted by Gasteiger charge is 2.06. The molecule has 0 aliphatic rings. The van der Waals surface area contributed by atoms with Crippen molar-refractivity contribution in [2.45, 2.75) is 33.2 Å². The molecule has 0 aliphatic carbocycles. The first kappa shape index (κ1) is 14.2. The second kappa shape index (κ2) is 6.77. The SMILES string of the molecule is CCC(C)N(C)CCNc1cc(C)nc(Cl)n1. The van der Waals surface area contributed by atoms with Gasteiger partial charge in [-0.15, -0.1) is 0 Å². The van der Waals surface area contributed by atoms with Crippen LogP contribution in [0, 0.1) is 6.92 Å². The van der Waals surface area contributed by atoms with Crippen molar-refractivity contribution in [3.63, 3.8) is 0 Å². The lowest BCUT2D eigenvalue weighted by Crippen LogP contribution is -2.32. The van der Waals surface area contributed by atoms with Crippen LogP contribution < -0.4 is 5.32 Å². The molecule has 17 heavy (non-hydrogen) atoms. The molecule has 1 unspecified atom stereocenters. The minimum atomic E-state index is 0.294. The molecule has 0 spiro atoms. The fourth-order valence-corrected chi connectivity index (χ4v) is 1.74. The van der Waals surface area contributed by atoms with Gasteiger partial charge in [0.25, 0.3) is 0 Å². The molecule has 96 valence electrons. The van der Waals surface area contributed by atoms with Gasteiger partial charge in [0.1, 0.15) is 5.82 Å². The number of hydrogen-bond donors (Lipinski definition) is 1. The molecule has 1 atom stereocenters. The van der Waals surface area contributed by atoms with Crippen LogP contribution in [0.4, 0.5) is 5.82 Å². The predicted octanol–water partition coefficient (Wildman–Crippen LogP) is 2.58. The molecule has 0 amide bonds. The van der Waals surface area contributed by atoms with Crippen molar-refractivity contribution in [1.82, 2.24) is 14.9 Å². The van der Waals surface area contributed by atoms with Crippen LogP contribution in [0.15, 0.2) is 6.07 Å². The minimum Gasteiger partial charge on any atom is -0.369 e. The van der Waals surface area contributed by atoms with Crippen molar-refractivity contribution >= 4 is 17.4 Å². The Morgan fingerprint density at radius 2 is 2.18 bits per heavy atom. The van der Waals surface area contributed by atoms with E-state index in [4.69, 9.17) is 11.6 Å². The van der Waals surface area contributed by atoms with Crippen LogP contribution in [0.1, 0.15) is 26.0 Å². The molecule has 1 aromatic heterocycles. The third-order valence-corrected chi connectivity index (χ3v) is 3.11. The van der Waals surface area contributed by atoms with Gasteiger partial charge in [-0.3, -0.25) is 0 Å². The molecule has 1 aromatic rings. The Morgan fingerprint density at radius 3 is 2.76 bits per heavy atom. The summed E-state index contributed by atoms with van der Waals surface area (Å²) in [5, 5.41) is 3.55. The lowest BCUT2D eigenvalue weighted by atomic mass is 10.2. The van der Waals surface area contributed by atoms with E-state index >= 15 is 0 Å². The summed E-state index contributed by atoms with van der Waals surface area (Å²) in [5.74, 6) is 0.792. The lowest BCUT2D eigenvalue weighted by Gasteiger charge is -2.23. The summed E-state index contributed by atoms with van der Waals surface area (Å²) < 4.78 is 0. The van der Waals surface area contributed by atoms with Crippen molar-refractivity contribution in [3.05, 3.63) is 17.0 Å². The smallest absolute Gasteiger partial charge is 0.224 e. The van der Waals surface area contributed by atoms with Crippen LogP contribution in [-0.4, -0.2) is 41.0 Å². The first-order valence-electron chi connectivity index (χ1n) is 5.98. The Balaban J connectivity index is 2.40. The Hall–Kier alpha value is -0.870. The van der Waals surface area contributed by atoms with E-state index in [0.717, 1.165) is 31.0 Å². The van der Waals surface area contributed by atoms with E-state index in [1.807, 2.05) is 13.0 Å². The van der Waals surface area contributed by atoms with Gasteiger partial charge >= 0.3 is 0 Å². The van der Waals surface area contributed by atoms with Gasteiger partial charge in [-0.2, -0.15) is 0 Å². The first-order valence-corrected chi connectivity index (χ1v) is 6.36. The number of nitrogens with one attached hydrogen (secondary N) is 1. The second-order valence-corrected chi connectivity index (χ2v) is 4.67. The standard InChI is InChI=1S/C12H21ClN4/c1-5-10(3)17(4)7-6-14-11-8-9(2)15-12(13)16-11/h8,10H,5-7H2,1-4H3,(H,14,15,16). The van der Waals surface area contributed by atoms with E-state index in [1.54, 1.807) is 0 Å². The third kappa shape index (κ3) is 4.88.